The average molecular weight is 409 g/mol. The van der Waals surface area contributed by atoms with E-state index in [1.54, 1.807) is 7.11 Å². The smallest absolute Gasteiger partial charge is 0.306 e. The summed E-state index contributed by atoms with van der Waals surface area (Å²) in [4.78, 5) is 23.9. The van der Waals surface area contributed by atoms with Crippen molar-refractivity contribution in [2.75, 3.05) is 20.3 Å². The molecule has 1 atom stereocenters. The zero-order valence-electron chi connectivity index (χ0n) is 18.1. The van der Waals surface area contributed by atoms with E-state index in [4.69, 9.17) is 18.9 Å². The topological polar surface area (TPSA) is 71.1 Å². The fourth-order valence-electron chi connectivity index (χ4n) is 2.69. The van der Waals surface area contributed by atoms with Gasteiger partial charge in [0, 0.05) is 12.8 Å². The van der Waals surface area contributed by atoms with Crippen molar-refractivity contribution in [1.29, 1.82) is 0 Å². The van der Waals surface area contributed by atoms with Crippen molar-refractivity contribution < 1.29 is 28.5 Å². The molecule has 0 aliphatic heterocycles. The Labute approximate surface area is 174 Å². The molecule has 0 amide bonds. The van der Waals surface area contributed by atoms with Crippen LogP contribution in [-0.4, -0.2) is 38.4 Å². The molecule has 164 valence electrons. The maximum Gasteiger partial charge on any atom is 0.306 e. The molecule has 0 saturated carbocycles. The highest BCUT2D eigenvalue weighted by Gasteiger charge is 2.17. The van der Waals surface area contributed by atoms with Gasteiger partial charge in [0.2, 0.25) is 0 Å². The van der Waals surface area contributed by atoms with E-state index in [-0.39, 0.29) is 25.2 Å². The molecule has 6 nitrogen and oxygen atoms in total. The molecule has 0 spiro atoms. The number of carbonyl (C=O) groups excluding carboxylic acids is 2. The minimum absolute atomic E-state index is 0.0209. The molecular formula is C23H36O6. The lowest BCUT2D eigenvalue weighted by Crippen LogP contribution is -2.29. The van der Waals surface area contributed by atoms with Gasteiger partial charge in [0.15, 0.2) is 6.10 Å². The van der Waals surface area contributed by atoms with Gasteiger partial charge >= 0.3 is 11.9 Å². The summed E-state index contributed by atoms with van der Waals surface area (Å²) in [7, 11) is 1.62. The van der Waals surface area contributed by atoms with E-state index < -0.39 is 6.10 Å². The molecular weight excluding hydrogens is 372 g/mol. The fourth-order valence-corrected chi connectivity index (χ4v) is 2.69. The van der Waals surface area contributed by atoms with Gasteiger partial charge < -0.3 is 18.9 Å². The number of esters is 2. The lowest BCUT2D eigenvalue weighted by Gasteiger charge is -2.18. The molecule has 0 radical (unpaired) electrons. The Morgan fingerprint density at radius 2 is 1.48 bits per heavy atom. The Kier molecular flexibility index (Phi) is 13.6. The van der Waals surface area contributed by atoms with E-state index in [0.29, 0.717) is 19.4 Å². The molecule has 0 N–H and O–H groups in total. The predicted molar refractivity (Wildman–Crippen MR) is 112 cm³/mol. The van der Waals surface area contributed by atoms with Gasteiger partial charge in [-0.05, 0) is 30.5 Å². The van der Waals surface area contributed by atoms with Crippen molar-refractivity contribution in [2.45, 2.75) is 77.9 Å². The third-order valence-electron chi connectivity index (χ3n) is 4.43. The summed E-state index contributed by atoms with van der Waals surface area (Å²) in [5.41, 5.74) is 0.982. The lowest BCUT2D eigenvalue weighted by atomic mass is 10.2. The first-order valence-electron chi connectivity index (χ1n) is 10.6. The van der Waals surface area contributed by atoms with Crippen molar-refractivity contribution in [2.24, 2.45) is 0 Å². The second-order valence-electron chi connectivity index (χ2n) is 7.07. The Hall–Kier alpha value is -2.08. The third kappa shape index (κ3) is 12.2. The second-order valence-corrected chi connectivity index (χ2v) is 7.07. The molecule has 6 heteroatoms. The minimum atomic E-state index is -0.600. The molecule has 1 aromatic rings. The van der Waals surface area contributed by atoms with Crippen LogP contribution in [0.25, 0.3) is 0 Å². The van der Waals surface area contributed by atoms with Gasteiger partial charge in [-0.15, -0.1) is 0 Å². The van der Waals surface area contributed by atoms with Crippen LogP contribution in [0.1, 0.15) is 70.8 Å². The zero-order valence-corrected chi connectivity index (χ0v) is 18.1. The van der Waals surface area contributed by atoms with Gasteiger partial charge in [-0.1, -0.05) is 51.7 Å². The Morgan fingerprint density at radius 3 is 2.07 bits per heavy atom. The standard InChI is InChI=1S/C23H36O6/c1-4-6-8-10-22(24)28-18-21(29-23(25)11-9-7-5-2)17-27-16-19-12-14-20(26-3)15-13-19/h12-15,21H,4-11,16-18H2,1-3H3/t21-/m0/s1. The first-order valence-corrected chi connectivity index (χ1v) is 10.6. The molecule has 0 aliphatic carbocycles. The number of benzene rings is 1. The monoisotopic (exact) mass is 408 g/mol. The number of hydrogen-bond acceptors (Lipinski definition) is 6. The van der Waals surface area contributed by atoms with Crippen LogP contribution in [0.15, 0.2) is 24.3 Å². The van der Waals surface area contributed by atoms with Crippen molar-refractivity contribution in [3.8, 4) is 5.75 Å². The summed E-state index contributed by atoms with van der Waals surface area (Å²) in [6.07, 6.45) is 5.83. The van der Waals surface area contributed by atoms with Gasteiger partial charge in [0.1, 0.15) is 12.4 Å². The van der Waals surface area contributed by atoms with Crippen LogP contribution in [0, 0.1) is 0 Å². The van der Waals surface area contributed by atoms with Crippen molar-refractivity contribution in [3.05, 3.63) is 29.8 Å². The molecule has 0 aromatic heterocycles. The SMILES string of the molecule is CCCCCC(=O)OC[C@H](COCc1ccc(OC)cc1)OC(=O)CCCCC. The number of hydrogen-bond donors (Lipinski definition) is 0. The maximum atomic E-state index is 12.1. The van der Waals surface area contributed by atoms with Crippen LogP contribution in [0.3, 0.4) is 0 Å². The normalized spacial score (nSPS) is 11.7. The van der Waals surface area contributed by atoms with Crippen LogP contribution in [0.5, 0.6) is 5.75 Å². The van der Waals surface area contributed by atoms with Crippen LogP contribution in [-0.2, 0) is 30.4 Å². The highest BCUT2D eigenvalue weighted by molar-refractivity contribution is 5.70. The molecule has 1 aromatic carbocycles. The predicted octanol–water partition coefficient (Wildman–Crippen LogP) is 4.83. The summed E-state index contributed by atoms with van der Waals surface area (Å²) in [5, 5.41) is 0. The molecule has 1 rings (SSSR count). The number of methoxy groups -OCH3 is 1. The van der Waals surface area contributed by atoms with Gasteiger partial charge in [-0.3, -0.25) is 9.59 Å². The first-order chi connectivity index (χ1) is 14.1. The summed E-state index contributed by atoms with van der Waals surface area (Å²) in [5.74, 6) is 0.238. The second kappa shape index (κ2) is 15.8. The molecule has 29 heavy (non-hydrogen) atoms. The maximum absolute atomic E-state index is 12.1. The Balaban J connectivity index is 2.46. The summed E-state index contributed by atoms with van der Waals surface area (Å²) in [6, 6.07) is 7.56. The van der Waals surface area contributed by atoms with Crippen LogP contribution < -0.4 is 4.74 Å². The van der Waals surface area contributed by atoms with Crippen LogP contribution >= 0.6 is 0 Å². The van der Waals surface area contributed by atoms with E-state index >= 15 is 0 Å². The van der Waals surface area contributed by atoms with Crippen LogP contribution in [0.4, 0.5) is 0 Å². The largest absolute Gasteiger partial charge is 0.497 e. The lowest BCUT2D eigenvalue weighted by molar-refractivity contribution is -0.163. The van der Waals surface area contributed by atoms with Crippen molar-refractivity contribution in [3.63, 3.8) is 0 Å². The third-order valence-corrected chi connectivity index (χ3v) is 4.43. The number of ether oxygens (including phenoxy) is 4. The Bertz CT molecular complexity index is 569. The van der Waals surface area contributed by atoms with E-state index in [1.165, 1.54) is 0 Å². The molecule has 0 unspecified atom stereocenters. The average Bonchev–Trinajstić information content (AvgIpc) is 2.72. The van der Waals surface area contributed by atoms with Crippen LogP contribution in [0.2, 0.25) is 0 Å². The summed E-state index contributed by atoms with van der Waals surface area (Å²) >= 11 is 0. The fraction of sp³-hybridized carbons (Fsp3) is 0.652. The number of carbonyl (C=O) groups is 2. The van der Waals surface area contributed by atoms with Crippen molar-refractivity contribution in [1.82, 2.24) is 0 Å². The van der Waals surface area contributed by atoms with Gasteiger partial charge in [-0.25, -0.2) is 0 Å². The summed E-state index contributed by atoms with van der Waals surface area (Å²) < 4.78 is 21.6. The van der Waals surface area contributed by atoms with E-state index in [2.05, 4.69) is 13.8 Å². The van der Waals surface area contributed by atoms with E-state index in [9.17, 15) is 9.59 Å². The molecule has 0 heterocycles. The highest BCUT2D eigenvalue weighted by atomic mass is 16.6. The zero-order chi connectivity index (χ0) is 21.3. The number of rotatable bonds is 16. The molecule has 0 bridgehead atoms. The number of unbranched alkanes of at least 4 members (excludes halogenated alkanes) is 4. The minimum Gasteiger partial charge on any atom is -0.497 e. The van der Waals surface area contributed by atoms with Crippen molar-refractivity contribution >= 4 is 11.9 Å². The molecule has 0 fully saturated rings. The quantitative estimate of drug-likeness (QED) is 0.288. The first kappa shape index (κ1) is 25.0. The molecule has 0 saturated heterocycles. The Morgan fingerprint density at radius 1 is 0.862 bits per heavy atom. The van der Waals surface area contributed by atoms with Gasteiger partial charge in [0.05, 0.1) is 20.3 Å². The van der Waals surface area contributed by atoms with Gasteiger partial charge in [-0.2, -0.15) is 0 Å². The highest BCUT2D eigenvalue weighted by Crippen LogP contribution is 2.12. The van der Waals surface area contributed by atoms with E-state index in [0.717, 1.165) is 49.8 Å². The van der Waals surface area contributed by atoms with E-state index in [1.807, 2.05) is 24.3 Å². The summed E-state index contributed by atoms with van der Waals surface area (Å²) in [6.45, 7) is 4.73. The van der Waals surface area contributed by atoms with Gasteiger partial charge in [0.25, 0.3) is 0 Å². The molecule has 0 aliphatic rings.